The van der Waals surface area contributed by atoms with E-state index in [-0.39, 0.29) is 23.4 Å². The molecule has 2 unspecified atom stereocenters. The maximum atomic E-state index is 14.2. The molecule has 0 fully saturated rings. The Morgan fingerprint density at radius 2 is 1.26 bits per heavy atom. The van der Waals surface area contributed by atoms with Crippen molar-refractivity contribution in [2.45, 2.75) is 77.2 Å². The van der Waals surface area contributed by atoms with E-state index in [1.165, 1.54) is 24.1 Å². The fourth-order valence-electron chi connectivity index (χ4n) is 6.05. The van der Waals surface area contributed by atoms with Crippen LogP contribution in [0.4, 0.5) is 16.2 Å². The first-order valence-electron chi connectivity index (χ1n) is 19.0. The van der Waals surface area contributed by atoms with Gasteiger partial charge in [-0.3, -0.25) is 9.69 Å². The molecule has 2 amide bonds. The van der Waals surface area contributed by atoms with Crippen LogP contribution in [0, 0.1) is 0 Å². The second-order valence-electron chi connectivity index (χ2n) is 15.9. The molecule has 0 aliphatic rings. The highest BCUT2D eigenvalue weighted by molar-refractivity contribution is 6.77. The number of rotatable bonds is 12. The predicted molar refractivity (Wildman–Crippen MR) is 225 cm³/mol. The van der Waals surface area contributed by atoms with Gasteiger partial charge in [-0.05, 0) is 80.1 Å². The van der Waals surface area contributed by atoms with Gasteiger partial charge in [0.2, 0.25) is 0 Å². The topological polar surface area (TPSA) is 138 Å². The van der Waals surface area contributed by atoms with Gasteiger partial charge in [0.25, 0.3) is 0 Å². The van der Waals surface area contributed by atoms with E-state index in [9.17, 15) is 24.0 Å². The third-order valence-corrected chi connectivity index (χ3v) is 12.1. The van der Waals surface area contributed by atoms with E-state index >= 15 is 0 Å². The van der Waals surface area contributed by atoms with Crippen molar-refractivity contribution < 1.29 is 42.9 Å². The maximum absolute atomic E-state index is 14.2. The van der Waals surface area contributed by atoms with Gasteiger partial charge in [0.05, 0.1) is 32.2 Å². The van der Waals surface area contributed by atoms with E-state index in [1.807, 2.05) is 79.7 Å². The maximum Gasteiger partial charge on any atom is 0.407 e. The van der Waals surface area contributed by atoms with Gasteiger partial charge < -0.3 is 24.3 Å². The number of methoxy groups -OCH3 is 1. The summed E-state index contributed by atoms with van der Waals surface area (Å²) in [5, 5.41) is 3.83. The number of hydrogen-bond acceptors (Lipinski definition) is 9. The quantitative estimate of drug-likeness (QED) is 0.0568. The molecule has 0 saturated carbocycles. The number of benzene rings is 5. The summed E-state index contributed by atoms with van der Waals surface area (Å²) >= 11 is 0. The van der Waals surface area contributed by atoms with Crippen LogP contribution in [-0.2, 0) is 39.8 Å². The normalized spacial score (nSPS) is 12.6. The molecule has 0 spiro atoms. The van der Waals surface area contributed by atoms with Crippen LogP contribution in [0.3, 0.4) is 0 Å². The molecule has 1 N–H and O–H groups in total. The van der Waals surface area contributed by atoms with Crippen molar-refractivity contribution in [3.05, 3.63) is 144 Å². The Kier molecular flexibility index (Phi) is 13.5. The van der Waals surface area contributed by atoms with Crippen LogP contribution in [0.5, 0.6) is 0 Å². The van der Waals surface area contributed by atoms with Gasteiger partial charge in [-0.1, -0.05) is 111 Å². The Hall–Kier alpha value is -6.27. The van der Waals surface area contributed by atoms with Crippen LogP contribution in [0.25, 0.3) is 10.8 Å². The average Bonchev–Trinajstić information content (AvgIpc) is 3.20. The van der Waals surface area contributed by atoms with E-state index in [2.05, 4.69) is 25.0 Å². The minimum absolute atomic E-state index is 0.0386. The lowest BCUT2D eigenvalue weighted by atomic mass is 9.96. The highest BCUT2D eigenvalue weighted by Gasteiger charge is 2.33. The molecule has 302 valence electrons. The van der Waals surface area contributed by atoms with E-state index in [1.54, 1.807) is 57.2 Å². The number of hydrogen-bond donors (Lipinski definition) is 1. The number of nitrogens with one attached hydrogen (secondary N) is 1. The molecule has 0 aliphatic carbocycles. The monoisotopic (exact) mass is 802 g/mol. The molecule has 0 aliphatic heterocycles. The second kappa shape index (κ2) is 18.3. The number of carbonyl (C=O) groups is 5. The van der Waals surface area contributed by atoms with Crippen LogP contribution in [-0.4, -0.2) is 62.5 Å². The number of carbonyl (C=O) groups excluding carboxylic acids is 5. The number of nitrogens with zero attached hydrogens (tertiary/aromatic N) is 1. The van der Waals surface area contributed by atoms with Gasteiger partial charge in [0.1, 0.15) is 11.6 Å². The molecule has 58 heavy (non-hydrogen) atoms. The summed E-state index contributed by atoms with van der Waals surface area (Å²) < 4.78 is 22.2. The molecule has 0 heterocycles. The van der Waals surface area contributed by atoms with Crippen molar-refractivity contribution >= 4 is 60.1 Å². The van der Waals surface area contributed by atoms with Crippen molar-refractivity contribution in [1.82, 2.24) is 5.32 Å². The Balaban J connectivity index is 1.53. The van der Waals surface area contributed by atoms with E-state index in [4.69, 9.17) is 18.9 Å². The predicted octanol–water partition coefficient (Wildman–Crippen LogP) is 8.87. The first kappa shape index (κ1) is 42.9. The van der Waals surface area contributed by atoms with Crippen molar-refractivity contribution in [3.8, 4) is 0 Å². The zero-order chi connectivity index (χ0) is 42.2. The zero-order valence-electron chi connectivity index (χ0n) is 34.1. The summed E-state index contributed by atoms with van der Waals surface area (Å²) in [4.78, 5) is 68.4. The van der Waals surface area contributed by atoms with E-state index in [0.29, 0.717) is 22.0 Å². The number of ether oxygens (including phenoxy) is 4. The minimum Gasteiger partial charge on any atom is -0.465 e. The standard InChI is InChI=1S/C46H50N2O9Si/c1-30(58(6,7)8)55-43(51)38(47-45(53)54-5)29-34-25-28-39(37-22-16-15-21-36(34)37)48(41(49)44(52)57-46(2,3)4)35-26-23-33(24-27-35)42(50)56-40(31-17-11-9-12-18-31)32-19-13-10-14-20-32/h9-28,30,38,40H,29H2,1-8H3,(H,47,53). The summed E-state index contributed by atoms with van der Waals surface area (Å²) in [6, 6.07) is 34.5. The number of amides is 2. The largest absolute Gasteiger partial charge is 0.465 e. The molecular formula is C46H50N2O9Si. The minimum atomic E-state index is -1.87. The van der Waals surface area contributed by atoms with Crippen LogP contribution in [0.15, 0.2) is 121 Å². The summed E-state index contributed by atoms with van der Waals surface area (Å²) in [5.41, 5.74) is 1.82. The van der Waals surface area contributed by atoms with Crippen molar-refractivity contribution in [2.24, 2.45) is 0 Å². The molecule has 0 radical (unpaired) electrons. The van der Waals surface area contributed by atoms with Gasteiger partial charge in [-0.2, -0.15) is 0 Å². The summed E-state index contributed by atoms with van der Waals surface area (Å²) in [5.74, 6) is -3.24. The molecule has 2 atom stereocenters. The van der Waals surface area contributed by atoms with E-state index < -0.39 is 55.7 Å². The van der Waals surface area contributed by atoms with Crippen LogP contribution in [0.1, 0.15) is 60.8 Å². The van der Waals surface area contributed by atoms with Crippen molar-refractivity contribution in [3.63, 3.8) is 0 Å². The summed E-state index contributed by atoms with van der Waals surface area (Å²) in [6.07, 6.45) is -1.42. The SMILES string of the molecule is COC(=O)NC(Cc1ccc(N(C(=O)C(=O)OC(C)(C)C)c2ccc(C(=O)OC(c3ccccc3)c3ccccc3)cc2)c2ccccc12)C(=O)OC(C)[Si](C)(C)C. The Bertz CT molecular complexity index is 2210. The van der Waals surface area contributed by atoms with Crippen molar-refractivity contribution in [1.29, 1.82) is 0 Å². The summed E-state index contributed by atoms with van der Waals surface area (Å²) in [7, 11) is -0.662. The molecule has 12 heteroatoms. The molecule has 0 aromatic heterocycles. The molecular weight excluding hydrogens is 753 g/mol. The van der Waals surface area contributed by atoms with Gasteiger partial charge in [0.15, 0.2) is 6.10 Å². The molecule has 5 aromatic carbocycles. The highest BCUT2D eigenvalue weighted by Crippen LogP contribution is 2.36. The lowest BCUT2D eigenvalue weighted by Gasteiger charge is -2.28. The Morgan fingerprint density at radius 3 is 1.79 bits per heavy atom. The first-order valence-corrected chi connectivity index (χ1v) is 22.6. The van der Waals surface area contributed by atoms with Gasteiger partial charge in [-0.15, -0.1) is 0 Å². The van der Waals surface area contributed by atoms with Crippen molar-refractivity contribution in [2.75, 3.05) is 12.0 Å². The van der Waals surface area contributed by atoms with Crippen LogP contribution in [0.2, 0.25) is 19.6 Å². The second-order valence-corrected chi connectivity index (χ2v) is 21.5. The number of esters is 3. The lowest BCUT2D eigenvalue weighted by molar-refractivity contribution is -0.162. The van der Waals surface area contributed by atoms with Crippen LogP contribution < -0.4 is 10.2 Å². The van der Waals surface area contributed by atoms with Gasteiger partial charge in [0, 0.05) is 17.5 Å². The fourth-order valence-corrected chi connectivity index (χ4v) is 6.52. The number of anilines is 2. The van der Waals surface area contributed by atoms with Gasteiger partial charge >= 0.3 is 29.9 Å². The van der Waals surface area contributed by atoms with Gasteiger partial charge in [-0.25, -0.2) is 19.2 Å². The zero-order valence-corrected chi connectivity index (χ0v) is 35.1. The Morgan fingerprint density at radius 1 is 0.707 bits per heavy atom. The number of fused-ring (bicyclic) bond motifs is 1. The third kappa shape index (κ3) is 10.8. The fraction of sp³-hybridized carbons (Fsp3) is 0.283. The van der Waals surface area contributed by atoms with Crippen LogP contribution >= 0.6 is 0 Å². The molecule has 0 saturated heterocycles. The first-order chi connectivity index (χ1) is 27.5. The smallest absolute Gasteiger partial charge is 0.407 e. The molecule has 5 aromatic rings. The molecule has 5 rings (SSSR count). The Labute approximate surface area is 340 Å². The molecule has 0 bridgehead atoms. The lowest BCUT2D eigenvalue weighted by Crippen LogP contribution is -2.47. The third-order valence-electron chi connectivity index (χ3n) is 9.50. The molecule has 11 nitrogen and oxygen atoms in total. The van der Waals surface area contributed by atoms with E-state index in [0.717, 1.165) is 11.1 Å². The number of alkyl carbamates (subject to hydrolysis) is 1. The average molecular weight is 803 g/mol. The highest BCUT2D eigenvalue weighted by atomic mass is 28.3. The summed E-state index contributed by atoms with van der Waals surface area (Å²) in [6.45, 7) is 13.1.